The molecule has 3 rings (SSSR count). The zero-order valence-electron chi connectivity index (χ0n) is 17.6. The lowest BCUT2D eigenvalue weighted by Gasteiger charge is -2.09. The van der Waals surface area contributed by atoms with Crippen molar-refractivity contribution in [2.45, 2.75) is 38.4 Å². The van der Waals surface area contributed by atoms with Crippen LogP contribution in [0.2, 0.25) is 0 Å². The van der Waals surface area contributed by atoms with Crippen molar-refractivity contribution >= 4 is 28.9 Å². The molecule has 7 nitrogen and oxygen atoms in total. The number of hydrogen-bond donors (Lipinski definition) is 1. The summed E-state index contributed by atoms with van der Waals surface area (Å²) in [5, 5.41) is 1.65. The average molecular weight is 443 g/mol. The summed E-state index contributed by atoms with van der Waals surface area (Å²) in [5.74, 6) is 0.209. The van der Waals surface area contributed by atoms with Crippen LogP contribution in [0.5, 0.6) is 5.75 Å². The van der Waals surface area contributed by atoms with Gasteiger partial charge in [0.1, 0.15) is 5.75 Å². The van der Waals surface area contributed by atoms with Gasteiger partial charge in [-0.1, -0.05) is 43.8 Å². The number of rotatable bonds is 10. The molecule has 1 aromatic heterocycles. The number of ether oxygens (including phenoxy) is 2. The normalized spacial score (nSPS) is 15.8. The molecule has 1 unspecified atom stereocenters. The predicted octanol–water partition coefficient (Wildman–Crippen LogP) is 3.34. The lowest BCUT2D eigenvalue weighted by atomic mass is 10.1. The SMILES string of the molecule is CC(C)C(=O)OCCc1ccc(CCOc2ccc(CC3SC(=O)NC3=O)cc2)nc1. The van der Waals surface area contributed by atoms with Crippen LogP contribution in [0.3, 0.4) is 0 Å². The smallest absolute Gasteiger partial charge is 0.308 e. The van der Waals surface area contributed by atoms with E-state index in [-0.39, 0.29) is 28.3 Å². The molecule has 0 spiro atoms. The quantitative estimate of drug-likeness (QED) is 0.564. The molecule has 1 aliphatic rings. The highest BCUT2D eigenvalue weighted by Gasteiger charge is 2.31. The van der Waals surface area contributed by atoms with E-state index in [4.69, 9.17) is 9.47 Å². The number of carbonyl (C=O) groups excluding carboxylic acids is 3. The number of hydrogen-bond acceptors (Lipinski definition) is 7. The third-order valence-electron chi connectivity index (χ3n) is 4.73. The summed E-state index contributed by atoms with van der Waals surface area (Å²) in [6.07, 6.45) is 3.62. The van der Waals surface area contributed by atoms with Crippen LogP contribution >= 0.6 is 11.8 Å². The topological polar surface area (TPSA) is 94.6 Å². The van der Waals surface area contributed by atoms with Crippen molar-refractivity contribution < 1.29 is 23.9 Å². The van der Waals surface area contributed by atoms with Gasteiger partial charge in [-0.2, -0.15) is 0 Å². The van der Waals surface area contributed by atoms with Crippen LogP contribution < -0.4 is 10.1 Å². The fourth-order valence-electron chi connectivity index (χ4n) is 2.92. The van der Waals surface area contributed by atoms with E-state index in [2.05, 4.69) is 10.3 Å². The first-order chi connectivity index (χ1) is 14.9. The van der Waals surface area contributed by atoms with E-state index in [0.29, 0.717) is 32.5 Å². The molecule has 1 saturated heterocycles. The Balaban J connectivity index is 1.38. The van der Waals surface area contributed by atoms with E-state index < -0.39 is 0 Å². The summed E-state index contributed by atoms with van der Waals surface area (Å²) >= 11 is 1.03. The largest absolute Gasteiger partial charge is 0.493 e. The minimum atomic E-state index is -0.365. The van der Waals surface area contributed by atoms with Gasteiger partial charge in [0, 0.05) is 24.7 Å². The summed E-state index contributed by atoms with van der Waals surface area (Å²) in [6.45, 7) is 4.48. The van der Waals surface area contributed by atoms with E-state index in [0.717, 1.165) is 34.3 Å². The van der Waals surface area contributed by atoms with Gasteiger partial charge < -0.3 is 9.47 Å². The highest BCUT2D eigenvalue weighted by Crippen LogP contribution is 2.24. The van der Waals surface area contributed by atoms with E-state index in [1.807, 2.05) is 50.2 Å². The van der Waals surface area contributed by atoms with Gasteiger partial charge in [-0.05, 0) is 35.7 Å². The van der Waals surface area contributed by atoms with Crippen molar-refractivity contribution in [1.82, 2.24) is 10.3 Å². The fourth-order valence-corrected chi connectivity index (χ4v) is 3.78. The minimum absolute atomic E-state index is 0.116. The van der Waals surface area contributed by atoms with Gasteiger partial charge in [0.2, 0.25) is 5.91 Å². The Labute approximate surface area is 185 Å². The standard InChI is InChI=1S/C23H26N2O5S/c1-15(2)22(27)30-11-9-17-3-6-18(24-14-17)10-12-29-19-7-4-16(5-8-19)13-20-21(26)25-23(28)31-20/h3-8,14-15,20H,9-13H2,1-2H3,(H,25,26,28). The molecule has 0 saturated carbocycles. The highest BCUT2D eigenvalue weighted by atomic mass is 32.2. The number of esters is 1. The van der Waals surface area contributed by atoms with Gasteiger partial charge in [0.25, 0.3) is 5.24 Å². The number of carbonyl (C=O) groups is 3. The molecule has 164 valence electrons. The van der Waals surface area contributed by atoms with Crippen LogP contribution in [0.15, 0.2) is 42.6 Å². The summed E-state index contributed by atoms with van der Waals surface area (Å²) in [4.78, 5) is 38.8. The summed E-state index contributed by atoms with van der Waals surface area (Å²) in [7, 11) is 0. The molecule has 0 radical (unpaired) electrons. The van der Waals surface area contributed by atoms with Crippen molar-refractivity contribution in [3.8, 4) is 5.75 Å². The lowest BCUT2D eigenvalue weighted by molar-refractivity contribution is -0.147. The zero-order valence-corrected chi connectivity index (χ0v) is 18.4. The van der Waals surface area contributed by atoms with Crippen LogP contribution in [-0.4, -0.2) is 40.6 Å². The fraction of sp³-hybridized carbons (Fsp3) is 0.391. The summed E-state index contributed by atoms with van der Waals surface area (Å²) in [6, 6.07) is 11.5. The van der Waals surface area contributed by atoms with E-state index in [1.54, 1.807) is 6.20 Å². The van der Waals surface area contributed by atoms with E-state index in [1.165, 1.54) is 0 Å². The maximum absolute atomic E-state index is 11.7. The number of nitrogens with one attached hydrogen (secondary N) is 1. The second kappa shape index (κ2) is 10.9. The number of aromatic nitrogens is 1. The zero-order chi connectivity index (χ0) is 22.2. The Hall–Kier alpha value is -2.87. The van der Waals surface area contributed by atoms with Gasteiger partial charge in [0.15, 0.2) is 0 Å². The molecule has 8 heteroatoms. The number of pyridine rings is 1. The van der Waals surface area contributed by atoms with Gasteiger partial charge in [-0.3, -0.25) is 24.7 Å². The van der Waals surface area contributed by atoms with Crippen molar-refractivity contribution in [2.75, 3.05) is 13.2 Å². The van der Waals surface area contributed by atoms with E-state index in [9.17, 15) is 14.4 Å². The molecular formula is C23H26N2O5S. The van der Waals surface area contributed by atoms with Crippen LogP contribution in [0.25, 0.3) is 0 Å². The first-order valence-corrected chi connectivity index (χ1v) is 11.1. The first kappa shape index (κ1) is 22.8. The second-order valence-corrected chi connectivity index (χ2v) is 8.74. The Morgan fingerprint density at radius 3 is 2.42 bits per heavy atom. The monoisotopic (exact) mass is 442 g/mol. The molecule has 1 atom stereocenters. The highest BCUT2D eigenvalue weighted by molar-refractivity contribution is 8.15. The molecule has 2 amide bonds. The third-order valence-corrected chi connectivity index (χ3v) is 5.71. The first-order valence-electron chi connectivity index (χ1n) is 10.2. The van der Waals surface area contributed by atoms with Gasteiger partial charge in [-0.25, -0.2) is 0 Å². The molecule has 1 fully saturated rings. The Kier molecular flexibility index (Phi) is 8.06. The second-order valence-electron chi connectivity index (χ2n) is 7.56. The molecule has 31 heavy (non-hydrogen) atoms. The molecule has 1 aromatic carbocycles. The minimum Gasteiger partial charge on any atom is -0.493 e. The van der Waals surface area contributed by atoms with Gasteiger partial charge >= 0.3 is 5.97 Å². The predicted molar refractivity (Wildman–Crippen MR) is 118 cm³/mol. The lowest BCUT2D eigenvalue weighted by Crippen LogP contribution is -2.25. The number of amides is 2. The molecule has 2 heterocycles. The summed E-state index contributed by atoms with van der Waals surface area (Å²) in [5.41, 5.74) is 2.92. The maximum atomic E-state index is 11.7. The van der Waals surface area contributed by atoms with Crippen LogP contribution in [0.4, 0.5) is 4.79 Å². The van der Waals surface area contributed by atoms with Crippen molar-refractivity contribution in [1.29, 1.82) is 0 Å². The number of imide groups is 1. The van der Waals surface area contributed by atoms with Gasteiger partial charge in [-0.15, -0.1) is 0 Å². The van der Waals surface area contributed by atoms with Crippen molar-refractivity contribution in [2.24, 2.45) is 5.92 Å². The molecule has 1 N–H and O–H groups in total. The van der Waals surface area contributed by atoms with Gasteiger partial charge in [0.05, 0.1) is 24.4 Å². The number of thioether (sulfide) groups is 1. The Morgan fingerprint density at radius 1 is 1.06 bits per heavy atom. The third kappa shape index (κ3) is 7.10. The maximum Gasteiger partial charge on any atom is 0.308 e. The molecular weight excluding hydrogens is 416 g/mol. The van der Waals surface area contributed by atoms with Crippen LogP contribution in [0, 0.1) is 5.92 Å². The number of benzene rings is 1. The molecule has 0 bridgehead atoms. The molecule has 2 aromatic rings. The number of nitrogens with zero attached hydrogens (tertiary/aromatic N) is 1. The average Bonchev–Trinajstić information content (AvgIpc) is 3.07. The van der Waals surface area contributed by atoms with Crippen LogP contribution in [0.1, 0.15) is 30.7 Å². The molecule has 0 aliphatic carbocycles. The molecule has 1 aliphatic heterocycles. The van der Waals surface area contributed by atoms with Crippen LogP contribution in [-0.2, 0) is 33.6 Å². The van der Waals surface area contributed by atoms with Crippen molar-refractivity contribution in [3.63, 3.8) is 0 Å². The Bertz CT molecular complexity index is 913. The van der Waals surface area contributed by atoms with E-state index >= 15 is 0 Å². The van der Waals surface area contributed by atoms with Crippen molar-refractivity contribution in [3.05, 3.63) is 59.4 Å². The summed E-state index contributed by atoms with van der Waals surface area (Å²) < 4.78 is 11.0. The Morgan fingerprint density at radius 2 is 1.81 bits per heavy atom.